The van der Waals surface area contributed by atoms with Crippen LogP contribution in [0, 0.1) is 5.92 Å². The van der Waals surface area contributed by atoms with Gasteiger partial charge in [-0.15, -0.1) is 6.58 Å². The van der Waals surface area contributed by atoms with E-state index >= 15 is 0 Å². The van der Waals surface area contributed by atoms with Gasteiger partial charge in [0.05, 0.1) is 30.2 Å². The lowest BCUT2D eigenvalue weighted by atomic mass is 9.94. The summed E-state index contributed by atoms with van der Waals surface area (Å²) >= 11 is 0. The number of hydrogen-bond donors (Lipinski definition) is 3. The second-order valence-corrected chi connectivity index (χ2v) is 5.77. The van der Waals surface area contributed by atoms with Crippen LogP contribution in [0.2, 0.25) is 0 Å². The minimum Gasteiger partial charge on any atom is -0.392 e. The molecular formula is C12H23NO5S. The Bertz CT molecular complexity index is 352. The molecule has 0 aliphatic carbocycles. The third-order valence-corrected chi connectivity index (χ3v) is 4.14. The van der Waals surface area contributed by atoms with E-state index in [1.807, 2.05) is 0 Å². The van der Waals surface area contributed by atoms with Crippen LogP contribution in [0.15, 0.2) is 12.7 Å². The Morgan fingerprint density at radius 3 is 2.68 bits per heavy atom. The molecule has 19 heavy (non-hydrogen) atoms. The molecule has 1 aliphatic heterocycles. The first-order valence-corrected chi connectivity index (χ1v) is 7.68. The first kappa shape index (κ1) is 16.6. The average molecular weight is 293 g/mol. The predicted octanol–water partition coefficient (Wildman–Crippen LogP) is -0.718. The number of ether oxygens (including phenoxy) is 2. The van der Waals surface area contributed by atoms with Crippen LogP contribution in [0.1, 0.15) is 12.8 Å². The molecule has 0 aromatic carbocycles. The van der Waals surface area contributed by atoms with Gasteiger partial charge in [-0.1, -0.05) is 6.08 Å². The Labute approximate surface area is 115 Å². The van der Waals surface area contributed by atoms with Gasteiger partial charge in [-0.05, 0) is 6.42 Å². The standard InChI is InChI=1S/C12H23NO5S/c1-3-4-10-9(7-19(15)16)12(17-2)11(18-10)5-8(14)6-13/h3,8-12,14,19H,1,4-7,13H2,2H3/t8-,9-,10-,11+,12+/m0/s1. The normalized spacial score (nSPS) is 32.6. The van der Waals surface area contributed by atoms with Gasteiger partial charge in [0.2, 0.25) is 0 Å². The third kappa shape index (κ3) is 4.54. The van der Waals surface area contributed by atoms with Gasteiger partial charge in [-0.2, -0.15) is 0 Å². The number of nitrogens with two attached hydrogens (primary N) is 1. The van der Waals surface area contributed by atoms with Crippen molar-refractivity contribution in [2.45, 2.75) is 37.3 Å². The molecule has 112 valence electrons. The van der Waals surface area contributed by atoms with E-state index in [2.05, 4.69) is 6.58 Å². The van der Waals surface area contributed by atoms with E-state index in [-0.39, 0.29) is 36.5 Å². The number of aliphatic hydroxyl groups excluding tert-OH is 1. The largest absolute Gasteiger partial charge is 0.392 e. The molecule has 1 rings (SSSR count). The molecule has 0 bridgehead atoms. The van der Waals surface area contributed by atoms with E-state index in [9.17, 15) is 13.5 Å². The van der Waals surface area contributed by atoms with E-state index in [1.54, 1.807) is 6.08 Å². The van der Waals surface area contributed by atoms with Crippen LogP contribution in [-0.4, -0.2) is 57.3 Å². The molecule has 6 nitrogen and oxygen atoms in total. The lowest BCUT2D eigenvalue weighted by Crippen LogP contribution is -2.35. The Balaban J connectivity index is 2.81. The summed E-state index contributed by atoms with van der Waals surface area (Å²) in [4.78, 5) is 0. The smallest absolute Gasteiger partial charge is 0.140 e. The van der Waals surface area contributed by atoms with Gasteiger partial charge in [0.15, 0.2) is 0 Å². The Hall–Kier alpha value is -0.470. The highest BCUT2D eigenvalue weighted by molar-refractivity contribution is 7.72. The van der Waals surface area contributed by atoms with Crippen LogP contribution in [0.25, 0.3) is 0 Å². The highest BCUT2D eigenvalue weighted by Crippen LogP contribution is 2.33. The third-order valence-electron chi connectivity index (χ3n) is 3.42. The Morgan fingerprint density at radius 2 is 2.21 bits per heavy atom. The van der Waals surface area contributed by atoms with Crippen LogP contribution in [0.3, 0.4) is 0 Å². The molecular weight excluding hydrogens is 270 g/mol. The summed E-state index contributed by atoms with van der Waals surface area (Å²) in [5.74, 6) is -0.222. The second-order valence-electron chi connectivity index (χ2n) is 4.74. The summed E-state index contributed by atoms with van der Waals surface area (Å²) in [6.45, 7) is 3.79. The molecule has 0 radical (unpaired) electrons. The Kier molecular flexibility index (Phi) is 6.95. The lowest BCUT2D eigenvalue weighted by Gasteiger charge is -2.22. The zero-order valence-electron chi connectivity index (χ0n) is 11.1. The fourth-order valence-electron chi connectivity index (χ4n) is 2.56. The molecule has 0 spiro atoms. The van der Waals surface area contributed by atoms with E-state index in [0.717, 1.165) is 0 Å². The van der Waals surface area contributed by atoms with Crippen molar-refractivity contribution in [1.82, 2.24) is 0 Å². The summed E-state index contributed by atoms with van der Waals surface area (Å²) in [7, 11) is -0.981. The fourth-order valence-corrected chi connectivity index (χ4v) is 3.35. The Morgan fingerprint density at radius 1 is 1.53 bits per heavy atom. The maximum Gasteiger partial charge on any atom is 0.140 e. The number of methoxy groups -OCH3 is 1. The van der Waals surface area contributed by atoms with Gasteiger partial charge in [-0.25, -0.2) is 8.42 Å². The number of hydrogen-bond acceptors (Lipinski definition) is 6. The highest BCUT2D eigenvalue weighted by atomic mass is 32.2. The van der Waals surface area contributed by atoms with E-state index in [4.69, 9.17) is 15.2 Å². The van der Waals surface area contributed by atoms with Crippen LogP contribution in [-0.2, 0) is 20.2 Å². The minimum absolute atomic E-state index is 0.0154. The molecule has 5 atom stereocenters. The van der Waals surface area contributed by atoms with Crippen molar-refractivity contribution in [3.63, 3.8) is 0 Å². The summed E-state index contributed by atoms with van der Waals surface area (Å²) in [6.07, 6.45) is 0.992. The van der Waals surface area contributed by atoms with Crippen LogP contribution < -0.4 is 5.73 Å². The molecule has 0 aromatic heterocycles. The lowest BCUT2D eigenvalue weighted by molar-refractivity contribution is -0.0294. The van der Waals surface area contributed by atoms with Crippen LogP contribution in [0.5, 0.6) is 0 Å². The predicted molar refractivity (Wildman–Crippen MR) is 72.6 cm³/mol. The molecule has 0 saturated carbocycles. The first-order valence-electron chi connectivity index (χ1n) is 6.32. The van der Waals surface area contributed by atoms with Gasteiger partial charge in [0.25, 0.3) is 0 Å². The van der Waals surface area contributed by atoms with Crippen molar-refractivity contribution in [3.05, 3.63) is 12.7 Å². The molecule has 0 amide bonds. The molecule has 7 heteroatoms. The van der Waals surface area contributed by atoms with Gasteiger partial charge in [0, 0.05) is 26.0 Å². The summed E-state index contributed by atoms with van der Waals surface area (Å²) in [5.41, 5.74) is 5.39. The van der Waals surface area contributed by atoms with E-state index in [0.29, 0.717) is 12.8 Å². The van der Waals surface area contributed by atoms with Gasteiger partial charge in [-0.3, -0.25) is 0 Å². The van der Waals surface area contributed by atoms with E-state index in [1.165, 1.54) is 7.11 Å². The number of rotatable bonds is 8. The minimum atomic E-state index is -2.51. The van der Waals surface area contributed by atoms with Crippen molar-refractivity contribution >= 4 is 10.7 Å². The summed E-state index contributed by atoms with van der Waals surface area (Å²) in [5, 5.41) is 9.62. The zero-order chi connectivity index (χ0) is 14.4. The van der Waals surface area contributed by atoms with Gasteiger partial charge >= 0.3 is 0 Å². The maximum absolute atomic E-state index is 11.0. The summed E-state index contributed by atoms with van der Waals surface area (Å²) < 4.78 is 33.2. The topological polar surface area (TPSA) is 98.8 Å². The maximum atomic E-state index is 11.0. The van der Waals surface area contributed by atoms with Crippen LogP contribution in [0.4, 0.5) is 0 Å². The molecule has 1 saturated heterocycles. The van der Waals surface area contributed by atoms with Crippen LogP contribution >= 0.6 is 0 Å². The first-order chi connectivity index (χ1) is 9.03. The SMILES string of the molecule is C=CC[C@@H]1O[C@H](C[C@H](O)CN)[C@H](OC)[C@H]1C[SH](=O)=O. The average Bonchev–Trinajstić information content (AvgIpc) is 2.66. The van der Waals surface area contributed by atoms with Gasteiger partial charge in [0.1, 0.15) is 10.7 Å². The molecule has 0 aromatic rings. The van der Waals surface area contributed by atoms with Crippen molar-refractivity contribution in [2.75, 3.05) is 19.4 Å². The molecule has 1 heterocycles. The monoisotopic (exact) mass is 293 g/mol. The van der Waals surface area contributed by atoms with Crippen molar-refractivity contribution in [3.8, 4) is 0 Å². The molecule has 0 unspecified atom stereocenters. The van der Waals surface area contributed by atoms with Gasteiger partial charge < -0.3 is 20.3 Å². The number of thiol groups is 1. The van der Waals surface area contributed by atoms with Crippen molar-refractivity contribution in [1.29, 1.82) is 0 Å². The quantitative estimate of drug-likeness (QED) is 0.404. The highest BCUT2D eigenvalue weighted by Gasteiger charge is 2.44. The van der Waals surface area contributed by atoms with Crippen molar-refractivity contribution < 1.29 is 23.0 Å². The fraction of sp³-hybridized carbons (Fsp3) is 0.833. The molecule has 1 fully saturated rings. The molecule has 1 aliphatic rings. The zero-order valence-corrected chi connectivity index (χ0v) is 12.0. The van der Waals surface area contributed by atoms with E-state index < -0.39 is 16.8 Å². The second kappa shape index (κ2) is 7.96. The van der Waals surface area contributed by atoms with Crippen molar-refractivity contribution in [2.24, 2.45) is 11.7 Å². The number of aliphatic hydroxyl groups is 1. The molecule has 3 N–H and O–H groups in total. The summed E-state index contributed by atoms with van der Waals surface area (Å²) in [6, 6.07) is 0.